The number of amides is 1. The van der Waals surface area contributed by atoms with Gasteiger partial charge in [-0.05, 0) is 24.3 Å². The highest BCUT2D eigenvalue weighted by atomic mass is 32.2. The highest BCUT2D eigenvalue weighted by molar-refractivity contribution is 7.99. The molecular formula is C14H19N3O2S. The highest BCUT2D eigenvalue weighted by Gasteiger charge is 2.31. The summed E-state index contributed by atoms with van der Waals surface area (Å²) >= 11 is 2.00. The zero-order valence-corrected chi connectivity index (χ0v) is 12.1. The molecule has 2 heterocycles. The van der Waals surface area contributed by atoms with E-state index in [1.165, 1.54) is 17.2 Å². The summed E-state index contributed by atoms with van der Waals surface area (Å²) in [5.74, 6) is 2.36. The van der Waals surface area contributed by atoms with Gasteiger partial charge in [-0.15, -0.1) is 0 Å². The molecular weight excluding hydrogens is 274 g/mol. The van der Waals surface area contributed by atoms with Crippen molar-refractivity contribution in [3.63, 3.8) is 0 Å². The first-order chi connectivity index (χ1) is 9.78. The van der Waals surface area contributed by atoms with Crippen LogP contribution in [0, 0.1) is 0 Å². The van der Waals surface area contributed by atoms with Crippen LogP contribution in [0.2, 0.25) is 0 Å². The fourth-order valence-electron chi connectivity index (χ4n) is 2.52. The Morgan fingerprint density at radius 3 is 2.45 bits per heavy atom. The minimum atomic E-state index is -0.303. The molecule has 1 unspecified atom stereocenters. The average molecular weight is 293 g/mol. The molecule has 20 heavy (non-hydrogen) atoms. The molecule has 1 amide bonds. The SMILES string of the molecule is NCC1CN(c2ccc(N3CCSCC3)cc2)C(=O)O1. The van der Waals surface area contributed by atoms with Crippen molar-refractivity contribution in [2.75, 3.05) is 47.5 Å². The first-order valence-corrected chi connectivity index (χ1v) is 8.04. The molecule has 2 fully saturated rings. The number of ether oxygens (including phenoxy) is 1. The van der Waals surface area contributed by atoms with Crippen LogP contribution in [-0.4, -0.2) is 49.9 Å². The van der Waals surface area contributed by atoms with E-state index >= 15 is 0 Å². The molecule has 108 valence electrons. The fourth-order valence-corrected chi connectivity index (χ4v) is 3.42. The van der Waals surface area contributed by atoms with E-state index in [4.69, 9.17) is 10.5 Å². The molecule has 0 spiro atoms. The first-order valence-electron chi connectivity index (χ1n) is 6.89. The van der Waals surface area contributed by atoms with E-state index in [0.29, 0.717) is 13.1 Å². The number of thioether (sulfide) groups is 1. The molecule has 5 nitrogen and oxygen atoms in total. The van der Waals surface area contributed by atoms with Crippen molar-refractivity contribution in [3.05, 3.63) is 24.3 Å². The number of nitrogens with two attached hydrogens (primary N) is 1. The van der Waals surface area contributed by atoms with E-state index in [2.05, 4.69) is 17.0 Å². The number of carbonyl (C=O) groups is 1. The van der Waals surface area contributed by atoms with Gasteiger partial charge in [-0.25, -0.2) is 4.79 Å². The summed E-state index contributed by atoms with van der Waals surface area (Å²) in [5.41, 5.74) is 7.64. The molecule has 0 aromatic heterocycles. The number of cyclic esters (lactones) is 1. The monoisotopic (exact) mass is 293 g/mol. The normalized spacial score (nSPS) is 23.1. The van der Waals surface area contributed by atoms with Gasteiger partial charge < -0.3 is 15.4 Å². The van der Waals surface area contributed by atoms with Crippen molar-refractivity contribution in [1.82, 2.24) is 0 Å². The second-order valence-corrected chi connectivity index (χ2v) is 6.19. The summed E-state index contributed by atoms with van der Waals surface area (Å²) in [7, 11) is 0. The van der Waals surface area contributed by atoms with Crippen LogP contribution in [0.25, 0.3) is 0 Å². The summed E-state index contributed by atoms with van der Waals surface area (Å²) in [6.07, 6.45) is -0.496. The van der Waals surface area contributed by atoms with Gasteiger partial charge in [-0.2, -0.15) is 11.8 Å². The predicted octanol–water partition coefficient (Wildman–Crippen LogP) is 1.52. The summed E-state index contributed by atoms with van der Waals surface area (Å²) in [6, 6.07) is 8.12. The third-order valence-electron chi connectivity index (χ3n) is 3.67. The van der Waals surface area contributed by atoms with Crippen LogP contribution < -0.4 is 15.5 Å². The molecule has 0 aliphatic carbocycles. The number of anilines is 2. The maximum absolute atomic E-state index is 11.8. The van der Waals surface area contributed by atoms with Gasteiger partial charge in [0, 0.05) is 42.5 Å². The third kappa shape index (κ3) is 2.71. The van der Waals surface area contributed by atoms with Gasteiger partial charge in [-0.3, -0.25) is 4.90 Å². The fraction of sp³-hybridized carbons (Fsp3) is 0.500. The Morgan fingerprint density at radius 2 is 1.85 bits per heavy atom. The third-order valence-corrected chi connectivity index (χ3v) is 4.62. The Kier molecular flexibility index (Phi) is 4.03. The van der Waals surface area contributed by atoms with Crippen LogP contribution in [0.3, 0.4) is 0 Å². The topological polar surface area (TPSA) is 58.8 Å². The van der Waals surface area contributed by atoms with Gasteiger partial charge in [-0.1, -0.05) is 0 Å². The van der Waals surface area contributed by atoms with Crippen LogP contribution in [0.1, 0.15) is 0 Å². The molecule has 1 aromatic rings. The molecule has 2 saturated heterocycles. The summed E-state index contributed by atoms with van der Waals surface area (Å²) in [6.45, 7) is 3.08. The van der Waals surface area contributed by atoms with E-state index in [0.717, 1.165) is 18.8 Å². The van der Waals surface area contributed by atoms with E-state index in [1.807, 2.05) is 23.9 Å². The number of rotatable bonds is 3. The molecule has 2 N–H and O–H groups in total. The number of nitrogens with zero attached hydrogens (tertiary/aromatic N) is 2. The zero-order chi connectivity index (χ0) is 13.9. The van der Waals surface area contributed by atoms with Crippen LogP contribution >= 0.6 is 11.8 Å². The molecule has 2 aliphatic heterocycles. The Balaban J connectivity index is 1.71. The number of hydrogen-bond acceptors (Lipinski definition) is 5. The van der Waals surface area contributed by atoms with E-state index in [-0.39, 0.29) is 12.2 Å². The lowest BCUT2D eigenvalue weighted by atomic mass is 10.2. The number of carbonyl (C=O) groups excluding carboxylic acids is 1. The summed E-state index contributed by atoms with van der Waals surface area (Å²) < 4.78 is 5.17. The van der Waals surface area contributed by atoms with Gasteiger partial charge in [0.25, 0.3) is 0 Å². The Labute approximate surface area is 123 Å². The van der Waals surface area contributed by atoms with E-state index in [1.54, 1.807) is 4.90 Å². The smallest absolute Gasteiger partial charge is 0.414 e. The van der Waals surface area contributed by atoms with Crippen molar-refractivity contribution in [2.24, 2.45) is 5.73 Å². The van der Waals surface area contributed by atoms with Crippen molar-refractivity contribution in [2.45, 2.75) is 6.10 Å². The molecule has 0 saturated carbocycles. The van der Waals surface area contributed by atoms with Crippen molar-refractivity contribution < 1.29 is 9.53 Å². The lowest BCUT2D eigenvalue weighted by Crippen LogP contribution is -2.32. The second-order valence-electron chi connectivity index (χ2n) is 4.97. The van der Waals surface area contributed by atoms with Gasteiger partial charge in [0.15, 0.2) is 0 Å². The molecule has 0 bridgehead atoms. The largest absolute Gasteiger partial charge is 0.443 e. The highest BCUT2D eigenvalue weighted by Crippen LogP contribution is 2.26. The standard InChI is InChI=1S/C14H19N3O2S/c15-9-13-10-17(14(18)19-13)12-3-1-11(2-4-12)16-5-7-20-8-6-16/h1-4,13H,5-10,15H2. The molecule has 1 atom stereocenters. The minimum Gasteiger partial charge on any atom is -0.443 e. The van der Waals surface area contributed by atoms with Gasteiger partial charge in [0.05, 0.1) is 6.54 Å². The minimum absolute atomic E-state index is 0.193. The van der Waals surface area contributed by atoms with Crippen LogP contribution in [0.5, 0.6) is 0 Å². The molecule has 0 radical (unpaired) electrons. The lowest BCUT2D eigenvalue weighted by molar-refractivity contribution is 0.145. The number of benzene rings is 1. The maximum atomic E-state index is 11.8. The summed E-state index contributed by atoms with van der Waals surface area (Å²) in [5, 5.41) is 0. The second kappa shape index (κ2) is 5.93. The average Bonchev–Trinajstić information content (AvgIpc) is 2.89. The summed E-state index contributed by atoms with van der Waals surface area (Å²) in [4.78, 5) is 15.8. The lowest BCUT2D eigenvalue weighted by Gasteiger charge is -2.28. The molecule has 1 aromatic carbocycles. The maximum Gasteiger partial charge on any atom is 0.414 e. The Hall–Kier alpha value is -1.40. The predicted molar refractivity (Wildman–Crippen MR) is 82.6 cm³/mol. The zero-order valence-electron chi connectivity index (χ0n) is 11.3. The van der Waals surface area contributed by atoms with E-state index in [9.17, 15) is 4.79 Å². The van der Waals surface area contributed by atoms with Crippen LogP contribution in [0.15, 0.2) is 24.3 Å². The number of hydrogen-bond donors (Lipinski definition) is 1. The first kappa shape index (κ1) is 13.6. The van der Waals surface area contributed by atoms with Gasteiger partial charge in [0.1, 0.15) is 6.10 Å². The quantitative estimate of drug-likeness (QED) is 0.916. The van der Waals surface area contributed by atoms with Crippen molar-refractivity contribution in [3.8, 4) is 0 Å². The van der Waals surface area contributed by atoms with E-state index < -0.39 is 0 Å². The van der Waals surface area contributed by atoms with Crippen molar-refractivity contribution in [1.29, 1.82) is 0 Å². The Bertz CT molecular complexity index is 474. The van der Waals surface area contributed by atoms with Crippen molar-refractivity contribution >= 4 is 29.2 Å². The molecule has 6 heteroatoms. The van der Waals surface area contributed by atoms with Crippen LogP contribution in [-0.2, 0) is 4.74 Å². The van der Waals surface area contributed by atoms with Crippen LogP contribution in [0.4, 0.5) is 16.2 Å². The molecule has 2 aliphatic rings. The molecule has 3 rings (SSSR count). The Morgan fingerprint density at radius 1 is 1.20 bits per heavy atom. The van der Waals surface area contributed by atoms with Gasteiger partial charge in [0.2, 0.25) is 0 Å². The van der Waals surface area contributed by atoms with Gasteiger partial charge >= 0.3 is 6.09 Å².